The van der Waals surface area contributed by atoms with Crippen molar-refractivity contribution < 1.29 is 9.47 Å². The van der Waals surface area contributed by atoms with E-state index < -0.39 is 0 Å². The summed E-state index contributed by atoms with van der Waals surface area (Å²) in [4.78, 5) is 0. The molecule has 0 spiro atoms. The van der Waals surface area contributed by atoms with Crippen LogP contribution in [0.3, 0.4) is 0 Å². The van der Waals surface area contributed by atoms with Crippen molar-refractivity contribution in [1.29, 1.82) is 0 Å². The second-order valence-electron chi connectivity index (χ2n) is 6.08. The molecule has 0 saturated heterocycles. The van der Waals surface area contributed by atoms with E-state index in [9.17, 15) is 0 Å². The third kappa shape index (κ3) is 3.45. The standard InChI is InChI=1S/C17H25NO2/c1-13(18-15-5-2-3-6-15)11-14-7-8-16-17(12-14)20-10-4-9-19-16/h7-8,12-13,15,18H,2-6,9-11H2,1H3. The Balaban J connectivity index is 1.60. The van der Waals surface area contributed by atoms with Crippen LogP contribution in [0.15, 0.2) is 18.2 Å². The van der Waals surface area contributed by atoms with Gasteiger partial charge in [0.25, 0.3) is 0 Å². The lowest BCUT2D eigenvalue weighted by atomic mass is 10.1. The lowest BCUT2D eigenvalue weighted by Gasteiger charge is -2.19. The maximum atomic E-state index is 5.76. The highest BCUT2D eigenvalue weighted by atomic mass is 16.5. The summed E-state index contributed by atoms with van der Waals surface area (Å²) < 4.78 is 11.4. The monoisotopic (exact) mass is 275 g/mol. The molecule has 3 nitrogen and oxygen atoms in total. The molecule has 3 heteroatoms. The molecule has 1 fully saturated rings. The Morgan fingerprint density at radius 2 is 1.85 bits per heavy atom. The van der Waals surface area contributed by atoms with Gasteiger partial charge < -0.3 is 14.8 Å². The predicted octanol–water partition coefficient (Wildman–Crippen LogP) is 3.31. The molecule has 1 saturated carbocycles. The van der Waals surface area contributed by atoms with E-state index in [0.717, 1.165) is 43.6 Å². The van der Waals surface area contributed by atoms with Crippen molar-refractivity contribution in [2.24, 2.45) is 0 Å². The lowest BCUT2D eigenvalue weighted by molar-refractivity contribution is 0.297. The fourth-order valence-corrected chi connectivity index (χ4v) is 3.24. The molecular weight excluding hydrogens is 250 g/mol. The normalized spacial score (nSPS) is 20.6. The highest BCUT2D eigenvalue weighted by Gasteiger charge is 2.17. The third-order valence-corrected chi connectivity index (χ3v) is 4.23. The molecule has 1 aromatic rings. The highest BCUT2D eigenvalue weighted by molar-refractivity contribution is 5.43. The van der Waals surface area contributed by atoms with Gasteiger partial charge in [-0.25, -0.2) is 0 Å². The number of ether oxygens (including phenoxy) is 2. The van der Waals surface area contributed by atoms with Crippen LogP contribution in [0.2, 0.25) is 0 Å². The largest absolute Gasteiger partial charge is 0.490 e. The highest BCUT2D eigenvalue weighted by Crippen LogP contribution is 2.30. The van der Waals surface area contributed by atoms with Crippen molar-refractivity contribution in [3.05, 3.63) is 23.8 Å². The minimum absolute atomic E-state index is 0.517. The molecule has 1 unspecified atom stereocenters. The Labute approximate surface area is 121 Å². The van der Waals surface area contributed by atoms with E-state index in [4.69, 9.17) is 9.47 Å². The zero-order chi connectivity index (χ0) is 13.8. The number of rotatable bonds is 4. The van der Waals surface area contributed by atoms with Crippen molar-refractivity contribution in [1.82, 2.24) is 5.32 Å². The van der Waals surface area contributed by atoms with Gasteiger partial charge in [0.2, 0.25) is 0 Å². The second kappa shape index (κ2) is 6.49. The van der Waals surface area contributed by atoms with Crippen LogP contribution in [-0.4, -0.2) is 25.3 Å². The molecular formula is C17H25NO2. The van der Waals surface area contributed by atoms with Crippen LogP contribution in [0.25, 0.3) is 0 Å². The van der Waals surface area contributed by atoms with Gasteiger partial charge in [-0.15, -0.1) is 0 Å². The Bertz CT molecular complexity index is 441. The first-order valence-electron chi connectivity index (χ1n) is 7.96. The summed E-state index contributed by atoms with van der Waals surface area (Å²) in [6.07, 6.45) is 7.45. The van der Waals surface area contributed by atoms with E-state index >= 15 is 0 Å². The Morgan fingerprint density at radius 3 is 2.65 bits per heavy atom. The number of hydrogen-bond acceptors (Lipinski definition) is 3. The molecule has 110 valence electrons. The van der Waals surface area contributed by atoms with Crippen molar-refractivity contribution in [2.75, 3.05) is 13.2 Å². The van der Waals surface area contributed by atoms with Crippen LogP contribution in [0.1, 0.15) is 44.6 Å². The fourth-order valence-electron chi connectivity index (χ4n) is 3.24. The molecule has 3 rings (SSSR count). The van der Waals surface area contributed by atoms with E-state index in [1.807, 2.05) is 0 Å². The molecule has 1 N–H and O–H groups in total. The van der Waals surface area contributed by atoms with E-state index in [2.05, 4.69) is 30.4 Å². The van der Waals surface area contributed by atoms with Crippen molar-refractivity contribution >= 4 is 0 Å². The first-order valence-corrected chi connectivity index (χ1v) is 7.96. The van der Waals surface area contributed by atoms with Crippen LogP contribution in [-0.2, 0) is 6.42 Å². The molecule has 1 atom stereocenters. The van der Waals surface area contributed by atoms with Gasteiger partial charge in [-0.2, -0.15) is 0 Å². The molecule has 0 bridgehead atoms. The van der Waals surface area contributed by atoms with E-state index in [0.29, 0.717) is 6.04 Å². The maximum Gasteiger partial charge on any atom is 0.161 e. The first kappa shape index (κ1) is 13.7. The number of hydrogen-bond donors (Lipinski definition) is 1. The van der Waals surface area contributed by atoms with Crippen LogP contribution in [0, 0.1) is 0 Å². The van der Waals surface area contributed by atoms with Gasteiger partial charge in [0, 0.05) is 18.5 Å². The summed E-state index contributed by atoms with van der Waals surface area (Å²) >= 11 is 0. The summed E-state index contributed by atoms with van der Waals surface area (Å²) in [5.41, 5.74) is 1.33. The van der Waals surface area contributed by atoms with Gasteiger partial charge in [-0.05, 0) is 43.9 Å². The predicted molar refractivity (Wildman–Crippen MR) is 80.6 cm³/mol. The van der Waals surface area contributed by atoms with Gasteiger partial charge in [0.15, 0.2) is 11.5 Å². The Hall–Kier alpha value is -1.22. The average molecular weight is 275 g/mol. The number of benzene rings is 1. The molecule has 1 aliphatic carbocycles. The van der Waals surface area contributed by atoms with Gasteiger partial charge in [0.05, 0.1) is 13.2 Å². The van der Waals surface area contributed by atoms with Crippen molar-refractivity contribution in [3.63, 3.8) is 0 Å². The number of fused-ring (bicyclic) bond motifs is 1. The van der Waals surface area contributed by atoms with Gasteiger partial charge in [-0.1, -0.05) is 18.9 Å². The Kier molecular flexibility index (Phi) is 4.46. The molecule has 0 radical (unpaired) electrons. The number of nitrogens with one attached hydrogen (secondary N) is 1. The fraction of sp³-hybridized carbons (Fsp3) is 0.647. The van der Waals surface area contributed by atoms with Crippen LogP contribution in [0.4, 0.5) is 0 Å². The zero-order valence-electron chi connectivity index (χ0n) is 12.4. The SMILES string of the molecule is CC(Cc1ccc2c(c1)OCCCO2)NC1CCCC1. The van der Waals surface area contributed by atoms with E-state index in [1.54, 1.807) is 0 Å². The minimum Gasteiger partial charge on any atom is -0.490 e. The van der Waals surface area contributed by atoms with E-state index in [1.165, 1.54) is 31.2 Å². The smallest absolute Gasteiger partial charge is 0.161 e. The molecule has 1 aliphatic heterocycles. The minimum atomic E-state index is 0.517. The summed E-state index contributed by atoms with van der Waals surface area (Å²) in [5, 5.41) is 3.75. The molecule has 1 heterocycles. The summed E-state index contributed by atoms with van der Waals surface area (Å²) in [6, 6.07) is 7.61. The van der Waals surface area contributed by atoms with E-state index in [-0.39, 0.29) is 0 Å². The Morgan fingerprint density at radius 1 is 1.10 bits per heavy atom. The van der Waals surface area contributed by atoms with Crippen molar-refractivity contribution in [2.45, 2.75) is 57.5 Å². The third-order valence-electron chi connectivity index (χ3n) is 4.23. The topological polar surface area (TPSA) is 30.5 Å². The maximum absolute atomic E-state index is 5.76. The molecule has 0 amide bonds. The summed E-state index contributed by atoms with van der Waals surface area (Å²) in [5.74, 6) is 1.80. The van der Waals surface area contributed by atoms with Gasteiger partial charge >= 0.3 is 0 Å². The quantitative estimate of drug-likeness (QED) is 0.914. The average Bonchev–Trinajstić information content (AvgIpc) is 2.82. The van der Waals surface area contributed by atoms with Gasteiger partial charge in [0.1, 0.15) is 0 Å². The summed E-state index contributed by atoms with van der Waals surface area (Å²) in [6.45, 7) is 3.79. The first-order chi connectivity index (χ1) is 9.81. The molecule has 0 aromatic heterocycles. The summed E-state index contributed by atoms with van der Waals surface area (Å²) in [7, 11) is 0. The molecule has 20 heavy (non-hydrogen) atoms. The molecule has 1 aromatic carbocycles. The van der Waals surface area contributed by atoms with Crippen molar-refractivity contribution in [3.8, 4) is 11.5 Å². The van der Waals surface area contributed by atoms with Crippen LogP contribution >= 0.6 is 0 Å². The lowest BCUT2D eigenvalue weighted by Crippen LogP contribution is -2.35. The van der Waals surface area contributed by atoms with Gasteiger partial charge in [-0.3, -0.25) is 0 Å². The van der Waals surface area contributed by atoms with Crippen LogP contribution in [0.5, 0.6) is 11.5 Å². The zero-order valence-corrected chi connectivity index (χ0v) is 12.4. The van der Waals surface area contributed by atoms with Crippen LogP contribution < -0.4 is 14.8 Å². The second-order valence-corrected chi connectivity index (χ2v) is 6.08. The molecule has 2 aliphatic rings.